The molecule has 0 unspecified atom stereocenters. The second-order valence-corrected chi connectivity index (χ2v) is 35.9. The Hall–Kier alpha value is -8.41. The molecule has 9 aromatic rings. The van der Waals surface area contributed by atoms with Crippen molar-refractivity contribution >= 4 is 128 Å². The Morgan fingerprint density at radius 2 is 0.861 bits per heavy atom. The van der Waals surface area contributed by atoms with Crippen molar-refractivity contribution in [1.82, 2.24) is 55.5 Å². The number of benzene rings is 3. The number of aromatic nitrogens is 9. The zero-order valence-electron chi connectivity index (χ0n) is 65.7. The number of halogens is 4. The van der Waals surface area contributed by atoms with Crippen molar-refractivity contribution in [3.63, 3.8) is 0 Å². The molecule has 15 rings (SSSR count). The second-order valence-electron chi connectivity index (χ2n) is 31.0. The number of anilines is 3. The second kappa shape index (κ2) is 40.6. The van der Waals surface area contributed by atoms with E-state index in [2.05, 4.69) is 142 Å². The summed E-state index contributed by atoms with van der Waals surface area (Å²) in [5, 5.41) is 18.2. The predicted molar refractivity (Wildman–Crippen MR) is 459 cm³/mol. The molecule has 5 N–H and O–H groups in total. The molecular weight excluding hydrogens is 1640 g/mol. The third-order valence-electron chi connectivity index (χ3n) is 21.1. The van der Waals surface area contributed by atoms with E-state index >= 15 is 0 Å². The fourth-order valence-corrected chi connectivity index (χ4v) is 18.7. The molecule has 0 bridgehead atoms. The standard InChI is InChI=1S/C28H32ClN5O2S.C27H36N4O4S.C23H24ClN5S.C6H5BrClN.CH2O2/c1-27(2,3)36-26(35)33-25-21-9-5-4-7-19(21)15-28(25)11-13-34(14-12-28)23-16-31-24(17-30-23)37-18-20-8-6-10-22(29)32-20;1-5-34-23(32)10-15-36-22-18-28-21(17-29-22)31-13-11-27(12-14-31)16-19-8-6-7-9-20(19)24(27)30-25(33)35-26(2,3)4;24-19-7-3-5-17(28-19)15-30-21-14-26-20(13-27-21)29-10-8-23(9-11-29)12-16-4-1-2-6-18(16)22(23)25;7-4-5-2-1-3-6(8)9-5;2-1-3/h4-10,16-17,25H,11-15,18H2,1-3H3,(H,33,35);6-9,17-18,24H,5,10-16H2,1-4H3,(H,30,33);1-7,13-14,22H,8-12,15,25H2;1-3H,4H2;1H,(H,2,3)/t25-;24-;22-;;/m111../s1. The van der Waals surface area contributed by atoms with E-state index in [4.69, 9.17) is 69.6 Å². The number of pyridine rings is 3. The lowest BCUT2D eigenvalue weighted by Crippen LogP contribution is -2.47. The number of carboxylic acid groups (broad SMARTS) is 1. The molecule has 0 radical (unpaired) electrons. The van der Waals surface area contributed by atoms with Gasteiger partial charge in [-0.15, -0.1) is 11.8 Å². The van der Waals surface area contributed by atoms with Crippen molar-refractivity contribution in [2.45, 2.75) is 174 Å². The molecule has 23 nitrogen and oxygen atoms in total. The number of hydrogen-bond donors (Lipinski definition) is 4. The number of fused-ring (bicyclic) bond motifs is 3. The van der Waals surface area contributed by atoms with Gasteiger partial charge in [-0.2, -0.15) is 0 Å². The van der Waals surface area contributed by atoms with Crippen LogP contribution in [0, 0.1) is 16.2 Å². The van der Waals surface area contributed by atoms with Gasteiger partial charge in [0.15, 0.2) is 0 Å². The molecule has 2 amide bonds. The smallest absolute Gasteiger partial charge is 0.408 e. The SMILES string of the molecule is CC(C)(C)OC(=O)N[C@@H]1c2ccccc2CC12CCN(c1cnc(SCc3cccc(Cl)n3)cn1)CC2.CCOC(=O)CCSc1cnc(N2CCC3(CC2)Cc2ccccc2[C@H]3NC(=O)OC(C)(C)C)cn1.Clc1cccc(CBr)n1.N[C@@H]1c2ccccc2CC12CCN(c1cnc(SCc3cccc(Cl)n3)cn1)CC2.O=CO. The minimum Gasteiger partial charge on any atom is -0.483 e. The molecule has 9 heterocycles. The van der Waals surface area contributed by atoms with Crippen LogP contribution < -0.4 is 31.1 Å². The summed E-state index contributed by atoms with van der Waals surface area (Å²) in [4.78, 5) is 92.7. The molecule has 3 aromatic carbocycles. The Balaban J connectivity index is 0.000000159. The number of carbonyl (C=O) groups is 4. The van der Waals surface area contributed by atoms with Gasteiger partial charge in [0.2, 0.25) is 0 Å². The number of alkyl carbamates (subject to hydrolysis) is 2. The monoisotopic (exact) mass is 1740 g/mol. The van der Waals surface area contributed by atoms with Crippen LogP contribution in [0.3, 0.4) is 0 Å². The topological polar surface area (TPSA) is 292 Å². The van der Waals surface area contributed by atoms with E-state index in [0.29, 0.717) is 40.0 Å². The average Bonchev–Trinajstić information content (AvgIpc) is 1.60. The van der Waals surface area contributed by atoms with Crippen molar-refractivity contribution in [1.29, 1.82) is 0 Å². The van der Waals surface area contributed by atoms with Crippen LogP contribution in [0.5, 0.6) is 0 Å². The van der Waals surface area contributed by atoms with Crippen molar-refractivity contribution in [3.05, 3.63) is 230 Å². The van der Waals surface area contributed by atoms with Gasteiger partial charge in [-0.3, -0.25) is 9.59 Å². The molecule has 608 valence electrons. The van der Waals surface area contributed by atoms with Gasteiger partial charge in [0, 0.05) is 78.7 Å². The predicted octanol–water partition coefficient (Wildman–Crippen LogP) is 18.1. The van der Waals surface area contributed by atoms with Crippen molar-refractivity contribution < 1.29 is 38.5 Å². The van der Waals surface area contributed by atoms with Crippen LogP contribution in [-0.4, -0.2) is 137 Å². The summed E-state index contributed by atoms with van der Waals surface area (Å²) in [6.45, 7) is 18.6. The van der Waals surface area contributed by atoms with Crippen LogP contribution in [0.15, 0.2) is 180 Å². The quantitative estimate of drug-likeness (QED) is 0.0164. The van der Waals surface area contributed by atoms with E-state index in [0.717, 1.165) is 158 Å². The van der Waals surface area contributed by atoms with Gasteiger partial charge in [-0.25, -0.2) is 54.4 Å². The first-order valence-electron chi connectivity index (χ1n) is 38.5. The van der Waals surface area contributed by atoms with Crippen LogP contribution in [0.1, 0.15) is 162 Å². The highest BCUT2D eigenvalue weighted by Crippen LogP contribution is 2.55. The highest BCUT2D eigenvalue weighted by molar-refractivity contribution is 9.08. The molecule has 3 aliphatic carbocycles. The summed E-state index contributed by atoms with van der Waals surface area (Å²) in [6, 6.07) is 42.4. The number of carbonyl (C=O) groups excluding carboxylic acids is 3. The molecule has 3 saturated heterocycles. The van der Waals surface area contributed by atoms with Crippen LogP contribution in [0.2, 0.25) is 15.5 Å². The Labute approximate surface area is 709 Å². The molecule has 3 aliphatic heterocycles. The summed E-state index contributed by atoms with van der Waals surface area (Å²) in [5.41, 5.74) is 16.3. The van der Waals surface area contributed by atoms with Crippen LogP contribution >= 0.6 is 86.0 Å². The fraction of sp³-hybridized carbons (Fsp3) is 0.424. The fourth-order valence-electron chi connectivity index (χ4n) is 15.7. The maximum atomic E-state index is 12.8. The van der Waals surface area contributed by atoms with Gasteiger partial charge in [0.1, 0.15) is 59.2 Å². The van der Waals surface area contributed by atoms with Crippen molar-refractivity contribution in [3.8, 4) is 0 Å². The van der Waals surface area contributed by atoms with Gasteiger partial charge in [0.05, 0.1) is 79.4 Å². The maximum Gasteiger partial charge on any atom is 0.408 e. The number of amides is 2. The summed E-state index contributed by atoms with van der Waals surface area (Å²) in [6.07, 6.45) is 19.5. The van der Waals surface area contributed by atoms with Gasteiger partial charge in [-0.1, -0.05) is 165 Å². The summed E-state index contributed by atoms with van der Waals surface area (Å²) in [7, 11) is 0. The molecule has 3 fully saturated rings. The van der Waals surface area contributed by atoms with E-state index in [1.807, 2.05) is 121 Å². The lowest BCUT2D eigenvalue weighted by molar-refractivity contribution is -0.142. The minimum absolute atomic E-state index is 0.0374. The number of esters is 1. The number of ether oxygens (including phenoxy) is 3. The Morgan fingerprint density at radius 1 is 0.513 bits per heavy atom. The lowest BCUT2D eigenvalue weighted by Gasteiger charge is -2.43. The number of nitrogens with zero attached hydrogens (tertiary/aromatic N) is 12. The van der Waals surface area contributed by atoms with Crippen LogP contribution in [-0.2, 0) is 59.9 Å². The average molecular weight is 1740 g/mol. The lowest BCUT2D eigenvalue weighted by atomic mass is 9.72. The molecule has 0 saturated carbocycles. The van der Waals surface area contributed by atoms with E-state index in [1.54, 1.807) is 54.8 Å². The third kappa shape index (κ3) is 24.2. The Kier molecular flexibility index (Phi) is 30.9. The first-order chi connectivity index (χ1) is 55.3. The molecule has 3 spiro atoms. The third-order valence-corrected chi connectivity index (χ3v) is 25.1. The van der Waals surface area contributed by atoms with Gasteiger partial charge < -0.3 is 50.4 Å². The van der Waals surface area contributed by atoms with Gasteiger partial charge >= 0.3 is 18.2 Å². The molecule has 3 atom stereocenters. The first-order valence-corrected chi connectivity index (χ1v) is 43.7. The van der Waals surface area contributed by atoms with Gasteiger partial charge in [-0.05, 0) is 181 Å². The number of nitrogens with one attached hydrogen (secondary N) is 2. The number of alkyl halides is 1. The Bertz CT molecular complexity index is 4710. The number of nitrogens with two attached hydrogens (primary N) is 1. The normalized spacial score (nSPS) is 17.8. The number of hydrogen-bond acceptors (Lipinski definition) is 23. The Morgan fingerprint density at radius 3 is 1.21 bits per heavy atom. The summed E-state index contributed by atoms with van der Waals surface area (Å²) >= 11 is 25.5. The molecule has 30 heteroatoms. The van der Waals surface area contributed by atoms with Crippen molar-refractivity contribution in [2.24, 2.45) is 22.0 Å². The van der Waals surface area contributed by atoms with E-state index < -0.39 is 11.2 Å². The van der Waals surface area contributed by atoms with E-state index in [9.17, 15) is 14.4 Å². The number of rotatable bonds is 17. The van der Waals surface area contributed by atoms with Crippen LogP contribution in [0.4, 0.5) is 27.0 Å². The summed E-state index contributed by atoms with van der Waals surface area (Å²) in [5.74, 6) is 4.52. The number of thioether (sulfide) groups is 3. The minimum atomic E-state index is -0.541. The van der Waals surface area contributed by atoms with Gasteiger partial charge in [0.25, 0.3) is 6.47 Å². The summed E-state index contributed by atoms with van der Waals surface area (Å²) < 4.78 is 16.2. The number of piperidine rings is 3. The zero-order chi connectivity index (χ0) is 81.8. The molecule has 6 aromatic heterocycles. The molecule has 6 aliphatic rings. The largest absolute Gasteiger partial charge is 0.483 e. The van der Waals surface area contributed by atoms with E-state index in [-0.39, 0.29) is 59.0 Å². The van der Waals surface area contributed by atoms with Crippen LogP contribution in [0.25, 0.3) is 0 Å². The maximum absolute atomic E-state index is 12.8. The van der Waals surface area contributed by atoms with Crippen molar-refractivity contribution in [2.75, 3.05) is 66.3 Å². The molecule has 115 heavy (non-hydrogen) atoms. The highest BCUT2D eigenvalue weighted by Gasteiger charge is 2.51. The molecular formula is C85H99BrCl3N15O8S3. The van der Waals surface area contributed by atoms with E-state index in [1.165, 1.54) is 45.1 Å². The first kappa shape index (κ1) is 87.4. The highest BCUT2D eigenvalue weighted by atomic mass is 79.9. The zero-order valence-corrected chi connectivity index (χ0v) is 72.0.